The topological polar surface area (TPSA) is 120 Å². The third kappa shape index (κ3) is 3.68. The minimum Gasteiger partial charge on any atom is -0.465 e. The number of esters is 2. The van der Waals surface area contributed by atoms with Crippen LogP contribution in [0, 0.1) is 0 Å². The Hall–Kier alpha value is -3.75. The highest BCUT2D eigenvalue weighted by Crippen LogP contribution is 2.13. The molecule has 0 aliphatic heterocycles. The largest absolute Gasteiger partial charge is 0.465 e. The van der Waals surface area contributed by atoms with Gasteiger partial charge in [-0.1, -0.05) is 0 Å². The smallest absolute Gasteiger partial charge is 0.355 e. The van der Waals surface area contributed by atoms with Crippen molar-refractivity contribution in [2.24, 2.45) is 7.05 Å². The molecule has 2 heterocycles. The highest BCUT2D eigenvalue weighted by atomic mass is 16.5. The van der Waals surface area contributed by atoms with Crippen molar-refractivity contribution in [2.45, 2.75) is 13.5 Å². The summed E-state index contributed by atoms with van der Waals surface area (Å²) in [6.45, 7) is 1.11. The molecule has 9 nitrogen and oxygen atoms in total. The molecule has 144 valence electrons. The van der Waals surface area contributed by atoms with Crippen LogP contribution in [0.15, 0.2) is 35.3 Å². The van der Waals surface area contributed by atoms with Crippen LogP contribution < -0.4 is 5.56 Å². The molecular formula is C19H17N3O6. The number of nitrogens with zero attached hydrogens (tertiary/aromatic N) is 2. The molecule has 3 aromatic rings. The van der Waals surface area contributed by atoms with Crippen molar-refractivity contribution >= 4 is 28.6 Å². The van der Waals surface area contributed by atoms with Crippen LogP contribution in [0.4, 0.5) is 0 Å². The van der Waals surface area contributed by atoms with E-state index in [1.165, 1.54) is 49.1 Å². The molecule has 0 atom stereocenters. The third-order valence-corrected chi connectivity index (χ3v) is 4.14. The normalized spacial score (nSPS) is 10.7. The highest BCUT2D eigenvalue weighted by molar-refractivity contribution is 5.97. The standard InChI is InChI=1S/C19H17N3O6/c1-10(23)12-7-15(22(2)8-12)19(26)28-9-16-20-14-6-11(18(25)27-3)4-5-13(14)17(24)21-16/h4-8H,9H2,1-3H3,(H,20,21,24). The molecule has 0 saturated heterocycles. The van der Waals surface area contributed by atoms with Gasteiger partial charge in [0.25, 0.3) is 5.56 Å². The van der Waals surface area contributed by atoms with Gasteiger partial charge in [-0.25, -0.2) is 14.6 Å². The number of methoxy groups -OCH3 is 1. The number of aromatic amines is 1. The van der Waals surface area contributed by atoms with E-state index in [2.05, 4.69) is 14.7 Å². The average Bonchev–Trinajstić information content (AvgIpc) is 3.07. The lowest BCUT2D eigenvalue weighted by Gasteiger charge is -2.07. The van der Waals surface area contributed by atoms with Crippen molar-refractivity contribution in [1.29, 1.82) is 0 Å². The number of fused-ring (bicyclic) bond motifs is 1. The zero-order valence-corrected chi connectivity index (χ0v) is 15.4. The second-order valence-electron chi connectivity index (χ2n) is 6.09. The summed E-state index contributed by atoms with van der Waals surface area (Å²) in [5.74, 6) is -1.27. The van der Waals surface area contributed by atoms with Gasteiger partial charge in [0.05, 0.1) is 23.6 Å². The predicted octanol–water partition coefficient (Wildman–Crippen LogP) is 1.61. The SMILES string of the molecule is COC(=O)c1ccc2c(=O)[nH]c(COC(=O)c3cc(C(C)=O)cn3C)nc2c1. The lowest BCUT2D eigenvalue weighted by atomic mass is 10.1. The lowest BCUT2D eigenvalue weighted by molar-refractivity contribution is 0.0450. The Balaban J connectivity index is 1.84. The van der Waals surface area contributed by atoms with E-state index in [9.17, 15) is 19.2 Å². The molecular weight excluding hydrogens is 366 g/mol. The summed E-state index contributed by atoms with van der Waals surface area (Å²) in [6, 6.07) is 5.80. The van der Waals surface area contributed by atoms with Crippen molar-refractivity contribution in [3.05, 3.63) is 63.5 Å². The van der Waals surface area contributed by atoms with Crippen LogP contribution in [0.25, 0.3) is 10.9 Å². The Morgan fingerprint density at radius 2 is 1.89 bits per heavy atom. The molecule has 1 N–H and O–H groups in total. The van der Waals surface area contributed by atoms with E-state index in [4.69, 9.17) is 4.74 Å². The van der Waals surface area contributed by atoms with Crippen molar-refractivity contribution in [3.8, 4) is 0 Å². The number of aryl methyl sites for hydroxylation is 1. The molecule has 2 aromatic heterocycles. The van der Waals surface area contributed by atoms with E-state index < -0.39 is 17.5 Å². The molecule has 28 heavy (non-hydrogen) atoms. The molecule has 1 aromatic carbocycles. The molecule has 0 amide bonds. The fourth-order valence-electron chi connectivity index (χ4n) is 2.67. The van der Waals surface area contributed by atoms with Crippen molar-refractivity contribution in [1.82, 2.24) is 14.5 Å². The maximum atomic E-state index is 12.3. The van der Waals surface area contributed by atoms with Gasteiger partial charge in [0, 0.05) is 18.8 Å². The first-order valence-electron chi connectivity index (χ1n) is 8.26. The van der Waals surface area contributed by atoms with Gasteiger partial charge in [-0.2, -0.15) is 0 Å². The number of hydrogen-bond donors (Lipinski definition) is 1. The number of ketones is 1. The first kappa shape index (κ1) is 19.0. The summed E-state index contributed by atoms with van der Waals surface area (Å²) in [5.41, 5.74) is 0.681. The number of aromatic nitrogens is 3. The number of H-pyrrole nitrogens is 1. The molecule has 0 aliphatic rings. The Morgan fingerprint density at radius 1 is 1.14 bits per heavy atom. The summed E-state index contributed by atoms with van der Waals surface area (Å²) in [7, 11) is 2.87. The van der Waals surface area contributed by atoms with Crippen LogP contribution in [0.1, 0.15) is 44.0 Å². The predicted molar refractivity (Wildman–Crippen MR) is 98.2 cm³/mol. The fourth-order valence-corrected chi connectivity index (χ4v) is 2.67. The van der Waals surface area contributed by atoms with Gasteiger partial charge in [0.15, 0.2) is 5.78 Å². The number of ether oxygens (including phenoxy) is 2. The second-order valence-corrected chi connectivity index (χ2v) is 6.09. The molecule has 0 unspecified atom stereocenters. The van der Waals surface area contributed by atoms with Crippen molar-refractivity contribution < 1.29 is 23.9 Å². The molecule has 0 aliphatic carbocycles. The van der Waals surface area contributed by atoms with Crippen LogP contribution in [0.5, 0.6) is 0 Å². The van der Waals surface area contributed by atoms with E-state index >= 15 is 0 Å². The van der Waals surface area contributed by atoms with Crippen LogP contribution in [0.2, 0.25) is 0 Å². The van der Waals surface area contributed by atoms with E-state index in [0.717, 1.165) is 0 Å². The number of hydrogen-bond acceptors (Lipinski definition) is 7. The van der Waals surface area contributed by atoms with E-state index in [0.29, 0.717) is 5.56 Å². The molecule has 0 fully saturated rings. The van der Waals surface area contributed by atoms with Crippen molar-refractivity contribution in [3.63, 3.8) is 0 Å². The van der Waals surface area contributed by atoms with E-state index in [1.807, 2.05) is 0 Å². The van der Waals surface area contributed by atoms with E-state index in [1.54, 1.807) is 7.05 Å². The number of rotatable bonds is 5. The number of nitrogens with one attached hydrogen (secondary N) is 1. The van der Waals surface area contributed by atoms with Gasteiger partial charge >= 0.3 is 11.9 Å². The minimum atomic E-state index is -0.666. The number of benzene rings is 1. The maximum absolute atomic E-state index is 12.3. The molecule has 3 rings (SSSR count). The molecule has 9 heteroatoms. The fraction of sp³-hybridized carbons (Fsp3) is 0.211. The Kier molecular flexibility index (Phi) is 5.08. The second kappa shape index (κ2) is 7.47. The molecule has 0 spiro atoms. The van der Waals surface area contributed by atoms with Crippen LogP contribution in [-0.2, 0) is 23.1 Å². The van der Waals surface area contributed by atoms with Gasteiger partial charge in [-0.15, -0.1) is 0 Å². The zero-order valence-electron chi connectivity index (χ0n) is 15.4. The van der Waals surface area contributed by atoms with Gasteiger partial charge in [0.1, 0.15) is 18.1 Å². The zero-order chi connectivity index (χ0) is 20.4. The van der Waals surface area contributed by atoms with Gasteiger partial charge in [-0.3, -0.25) is 9.59 Å². The van der Waals surface area contributed by atoms with Gasteiger partial charge < -0.3 is 19.0 Å². The lowest BCUT2D eigenvalue weighted by Crippen LogP contribution is -2.16. The van der Waals surface area contributed by atoms with Crippen LogP contribution in [0.3, 0.4) is 0 Å². The first-order chi connectivity index (χ1) is 13.3. The Bertz CT molecular complexity index is 1160. The Labute approximate surface area is 158 Å². The van der Waals surface area contributed by atoms with Crippen LogP contribution >= 0.6 is 0 Å². The molecule has 0 radical (unpaired) electrons. The average molecular weight is 383 g/mol. The maximum Gasteiger partial charge on any atom is 0.355 e. The molecule has 0 saturated carbocycles. The minimum absolute atomic E-state index is 0.119. The third-order valence-electron chi connectivity index (χ3n) is 4.14. The van der Waals surface area contributed by atoms with Gasteiger partial charge in [-0.05, 0) is 31.2 Å². The quantitative estimate of drug-likeness (QED) is 0.525. The highest BCUT2D eigenvalue weighted by Gasteiger charge is 2.16. The first-order valence-corrected chi connectivity index (χ1v) is 8.26. The van der Waals surface area contributed by atoms with Gasteiger partial charge in [0.2, 0.25) is 0 Å². The van der Waals surface area contributed by atoms with Crippen molar-refractivity contribution in [2.75, 3.05) is 7.11 Å². The van der Waals surface area contributed by atoms with Crippen LogP contribution in [-0.4, -0.2) is 39.4 Å². The Morgan fingerprint density at radius 3 is 2.54 bits per heavy atom. The monoisotopic (exact) mass is 383 g/mol. The summed E-state index contributed by atoms with van der Waals surface area (Å²) in [4.78, 5) is 54.3. The molecule has 0 bridgehead atoms. The number of carbonyl (C=O) groups is 3. The summed E-state index contributed by atoms with van der Waals surface area (Å²) in [5, 5.41) is 0.288. The number of Topliss-reactive ketones (excluding diaryl/α,β-unsaturated/α-hetero) is 1. The van der Waals surface area contributed by atoms with E-state index in [-0.39, 0.29) is 40.4 Å². The summed E-state index contributed by atoms with van der Waals surface area (Å²) < 4.78 is 11.3. The summed E-state index contributed by atoms with van der Waals surface area (Å²) in [6.07, 6.45) is 1.53. The summed E-state index contributed by atoms with van der Waals surface area (Å²) >= 11 is 0. The number of carbonyl (C=O) groups excluding carboxylic acids is 3.